The monoisotopic (exact) mass is 296 g/mol. The number of carbonyl (C=O) groups excluding carboxylic acids is 1. The summed E-state index contributed by atoms with van der Waals surface area (Å²) in [6, 6.07) is 4.93. The molecule has 0 bridgehead atoms. The minimum absolute atomic E-state index is 0.0570. The van der Waals surface area contributed by atoms with Gasteiger partial charge in [-0.05, 0) is 6.42 Å². The summed E-state index contributed by atoms with van der Waals surface area (Å²) < 4.78 is 10.3. The number of hydrogen-bond acceptors (Lipinski definition) is 4. The number of aliphatic hydroxyl groups excluding tert-OH is 1. The minimum Gasteiger partial charge on any atom is -0.497 e. The lowest BCUT2D eigenvalue weighted by molar-refractivity contribution is 0.187. The molecule has 0 unspecified atom stereocenters. The Kier molecular flexibility index (Phi) is 7.39. The number of amides is 2. The lowest BCUT2D eigenvalue weighted by atomic mass is 10.2. The molecule has 0 fully saturated rings. The van der Waals surface area contributed by atoms with Crippen LogP contribution >= 0.6 is 0 Å². The maximum Gasteiger partial charge on any atom is 0.321 e. The van der Waals surface area contributed by atoms with E-state index in [4.69, 9.17) is 14.6 Å². The van der Waals surface area contributed by atoms with Gasteiger partial charge in [0.1, 0.15) is 11.5 Å². The van der Waals surface area contributed by atoms with Gasteiger partial charge < -0.3 is 24.8 Å². The second kappa shape index (κ2) is 9.07. The second-order valence-corrected chi connectivity index (χ2v) is 4.60. The fourth-order valence-corrected chi connectivity index (χ4v) is 1.87. The highest BCUT2D eigenvalue weighted by atomic mass is 16.5. The zero-order valence-electron chi connectivity index (χ0n) is 12.9. The van der Waals surface area contributed by atoms with Crippen molar-refractivity contribution in [3.05, 3.63) is 18.2 Å². The van der Waals surface area contributed by atoms with Crippen LogP contribution in [0.25, 0.3) is 0 Å². The molecular formula is C15H24N2O4. The molecule has 6 nitrogen and oxygen atoms in total. The van der Waals surface area contributed by atoms with Crippen molar-refractivity contribution < 1.29 is 19.4 Å². The number of rotatable bonds is 8. The van der Waals surface area contributed by atoms with Crippen molar-refractivity contribution in [3.63, 3.8) is 0 Å². The summed E-state index contributed by atoms with van der Waals surface area (Å²) in [5.41, 5.74) is 0.593. The Morgan fingerprint density at radius 2 is 1.81 bits per heavy atom. The van der Waals surface area contributed by atoms with E-state index >= 15 is 0 Å². The molecule has 6 heteroatoms. The van der Waals surface area contributed by atoms with E-state index in [-0.39, 0.29) is 12.6 Å². The molecule has 0 aromatic heterocycles. The molecule has 1 aromatic carbocycles. The van der Waals surface area contributed by atoms with Crippen LogP contribution in [0, 0.1) is 0 Å². The number of unbranched alkanes of at least 4 members (excludes halogenated alkanes) is 1. The number of urea groups is 1. The van der Waals surface area contributed by atoms with Gasteiger partial charge in [-0.2, -0.15) is 0 Å². The van der Waals surface area contributed by atoms with Gasteiger partial charge in [0.25, 0.3) is 0 Å². The number of methoxy groups -OCH3 is 2. The summed E-state index contributed by atoms with van der Waals surface area (Å²) in [6.45, 7) is 2.93. The maximum absolute atomic E-state index is 12.2. The largest absolute Gasteiger partial charge is 0.497 e. The van der Waals surface area contributed by atoms with Crippen LogP contribution in [0.3, 0.4) is 0 Å². The molecule has 0 heterocycles. The molecular weight excluding hydrogens is 272 g/mol. The van der Waals surface area contributed by atoms with E-state index in [9.17, 15) is 4.79 Å². The van der Waals surface area contributed by atoms with Gasteiger partial charge in [0, 0.05) is 37.0 Å². The normalized spacial score (nSPS) is 10.1. The average Bonchev–Trinajstić information content (AvgIpc) is 2.50. The Bertz CT molecular complexity index is 429. The third-order valence-electron chi connectivity index (χ3n) is 3.04. The van der Waals surface area contributed by atoms with E-state index in [1.165, 1.54) is 0 Å². The van der Waals surface area contributed by atoms with Gasteiger partial charge in [-0.1, -0.05) is 13.3 Å². The molecule has 0 saturated heterocycles. The molecule has 1 aromatic rings. The zero-order valence-corrected chi connectivity index (χ0v) is 12.9. The van der Waals surface area contributed by atoms with Gasteiger partial charge in [-0.25, -0.2) is 4.79 Å². The van der Waals surface area contributed by atoms with Gasteiger partial charge in [-0.15, -0.1) is 0 Å². The standard InChI is InChI=1S/C15H24N2O4/c1-4-5-6-17(7-8-18)15(19)16-12-9-13(20-2)11-14(10-12)21-3/h9-11,18H,4-8H2,1-3H3,(H,16,19). The smallest absolute Gasteiger partial charge is 0.321 e. The summed E-state index contributed by atoms with van der Waals surface area (Å²) in [4.78, 5) is 13.8. The molecule has 0 radical (unpaired) electrons. The Morgan fingerprint density at radius 1 is 1.19 bits per heavy atom. The van der Waals surface area contributed by atoms with Crippen LogP contribution in [-0.2, 0) is 0 Å². The fourth-order valence-electron chi connectivity index (χ4n) is 1.87. The van der Waals surface area contributed by atoms with Crippen molar-refractivity contribution in [2.75, 3.05) is 39.2 Å². The van der Waals surface area contributed by atoms with E-state index in [0.29, 0.717) is 30.3 Å². The molecule has 2 amide bonds. The van der Waals surface area contributed by atoms with E-state index < -0.39 is 0 Å². The highest BCUT2D eigenvalue weighted by Gasteiger charge is 2.13. The van der Waals surface area contributed by atoms with Crippen LogP contribution in [0.5, 0.6) is 11.5 Å². The third kappa shape index (κ3) is 5.51. The Balaban J connectivity index is 2.79. The van der Waals surface area contributed by atoms with Gasteiger partial charge in [0.15, 0.2) is 0 Å². The Morgan fingerprint density at radius 3 is 2.29 bits per heavy atom. The van der Waals surface area contributed by atoms with Gasteiger partial charge >= 0.3 is 6.03 Å². The minimum atomic E-state index is -0.243. The molecule has 1 rings (SSSR count). The molecule has 21 heavy (non-hydrogen) atoms. The first kappa shape index (κ1) is 17.1. The molecule has 0 aliphatic carbocycles. The van der Waals surface area contributed by atoms with E-state index in [2.05, 4.69) is 12.2 Å². The number of hydrogen-bond donors (Lipinski definition) is 2. The first-order valence-corrected chi connectivity index (χ1v) is 7.04. The van der Waals surface area contributed by atoms with Crippen molar-refractivity contribution in [3.8, 4) is 11.5 Å². The number of anilines is 1. The Hall–Kier alpha value is -1.95. The fraction of sp³-hybridized carbons (Fsp3) is 0.533. The predicted molar refractivity (Wildman–Crippen MR) is 82.1 cm³/mol. The van der Waals surface area contributed by atoms with E-state index in [1.54, 1.807) is 37.3 Å². The number of aliphatic hydroxyl groups is 1. The molecule has 0 saturated carbocycles. The molecule has 0 aliphatic heterocycles. The molecule has 0 atom stereocenters. The quantitative estimate of drug-likeness (QED) is 0.772. The predicted octanol–water partition coefficient (Wildman–Crippen LogP) is 2.33. The van der Waals surface area contributed by atoms with Crippen molar-refractivity contribution in [2.45, 2.75) is 19.8 Å². The average molecular weight is 296 g/mol. The van der Waals surface area contributed by atoms with E-state index in [1.807, 2.05) is 0 Å². The van der Waals surface area contributed by atoms with Crippen molar-refractivity contribution in [2.24, 2.45) is 0 Å². The number of carbonyl (C=O) groups is 1. The van der Waals surface area contributed by atoms with E-state index in [0.717, 1.165) is 12.8 Å². The SMILES string of the molecule is CCCCN(CCO)C(=O)Nc1cc(OC)cc(OC)c1. The van der Waals surface area contributed by atoms with Crippen LogP contribution in [0.15, 0.2) is 18.2 Å². The highest BCUT2D eigenvalue weighted by molar-refractivity contribution is 5.89. The third-order valence-corrected chi connectivity index (χ3v) is 3.04. The summed E-state index contributed by atoms with van der Waals surface area (Å²) in [6.07, 6.45) is 1.89. The van der Waals surface area contributed by atoms with Crippen LogP contribution in [0.2, 0.25) is 0 Å². The summed E-state index contributed by atoms with van der Waals surface area (Å²) in [5, 5.41) is 11.9. The first-order valence-electron chi connectivity index (χ1n) is 7.04. The van der Waals surface area contributed by atoms with Crippen LogP contribution in [0.1, 0.15) is 19.8 Å². The molecule has 0 spiro atoms. The number of nitrogens with zero attached hydrogens (tertiary/aromatic N) is 1. The maximum atomic E-state index is 12.2. The van der Waals surface area contributed by atoms with Crippen LogP contribution in [0.4, 0.5) is 10.5 Å². The molecule has 0 aliphatic rings. The van der Waals surface area contributed by atoms with Gasteiger partial charge in [0.05, 0.1) is 20.8 Å². The first-order chi connectivity index (χ1) is 10.1. The topological polar surface area (TPSA) is 71.0 Å². The summed E-state index contributed by atoms with van der Waals surface area (Å²) >= 11 is 0. The highest BCUT2D eigenvalue weighted by Crippen LogP contribution is 2.25. The van der Waals surface area contributed by atoms with Crippen molar-refractivity contribution in [1.29, 1.82) is 0 Å². The number of benzene rings is 1. The van der Waals surface area contributed by atoms with Crippen molar-refractivity contribution in [1.82, 2.24) is 4.90 Å². The lowest BCUT2D eigenvalue weighted by Crippen LogP contribution is -2.37. The summed E-state index contributed by atoms with van der Waals surface area (Å²) in [5.74, 6) is 1.21. The molecule has 2 N–H and O–H groups in total. The molecule has 118 valence electrons. The van der Waals surface area contributed by atoms with Crippen LogP contribution < -0.4 is 14.8 Å². The van der Waals surface area contributed by atoms with Crippen molar-refractivity contribution >= 4 is 11.7 Å². The number of ether oxygens (including phenoxy) is 2. The van der Waals surface area contributed by atoms with Gasteiger partial charge in [0.2, 0.25) is 0 Å². The zero-order chi connectivity index (χ0) is 15.7. The number of nitrogens with one attached hydrogen (secondary N) is 1. The summed E-state index contributed by atoms with van der Waals surface area (Å²) in [7, 11) is 3.11. The van der Waals surface area contributed by atoms with Gasteiger partial charge in [-0.3, -0.25) is 0 Å². The second-order valence-electron chi connectivity index (χ2n) is 4.60. The Labute approximate surface area is 125 Å². The lowest BCUT2D eigenvalue weighted by Gasteiger charge is -2.22. The van der Waals surface area contributed by atoms with Crippen LogP contribution in [-0.4, -0.2) is 50.0 Å².